The van der Waals surface area contributed by atoms with Gasteiger partial charge in [0.1, 0.15) is 11.2 Å². The Bertz CT molecular complexity index is 2940. The number of nitrogens with zero attached hydrogens (tertiary/aromatic N) is 1. The summed E-state index contributed by atoms with van der Waals surface area (Å²) in [5, 5.41) is 2.29. The SMILES string of the molecule is CC1(C)c2cc(C=Cc3cccc4c3oc3ccccc34)ccc2-c2ccc(N(c3ccc(C=Cc4ccccc4)cc3)c3ccc(C=Cc4ccccc4)cc3)cc21. The van der Waals surface area contributed by atoms with E-state index in [1.807, 2.05) is 24.3 Å². The van der Waals surface area contributed by atoms with E-state index in [1.54, 1.807) is 0 Å². The Balaban J connectivity index is 0.981. The van der Waals surface area contributed by atoms with Gasteiger partial charge in [0.05, 0.1) is 0 Å². The molecule has 0 saturated heterocycles. The van der Waals surface area contributed by atoms with Crippen molar-refractivity contribution in [3.05, 3.63) is 233 Å². The molecule has 0 fully saturated rings. The number of rotatable bonds is 9. The first-order valence-electron chi connectivity index (χ1n) is 20.3. The van der Waals surface area contributed by atoms with Crippen molar-refractivity contribution in [1.82, 2.24) is 0 Å². The van der Waals surface area contributed by atoms with Gasteiger partial charge in [0, 0.05) is 38.8 Å². The topological polar surface area (TPSA) is 16.4 Å². The summed E-state index contributed by atoms with van der Waals surface area (Å²) in [5.41, 5.74) is 17.2. The standard InChI is InChI=1S/C57H43NO/c1-57(2)53-38-44(24-30-45-16-11-18-52-51-17-9-10-19-55(51)59-56(45)52)29-36-49(53)50-37-35-48(39-54(50)57)58(46-31-25-42(26-32-46)22-20-40-12-5-3-6-13-40)47-33-27-43(28-34-47)23-21-41-14-7-4-8-15-41/h3-39H,1-2H3. The van der Waals surface area contributed by atoms with Gasteiger partial charge in [-0.25, -0.2) is 0 Å². The fourth-order valence-corrected chi connectivity index (χ4v) is 8.50. The third-order valence-corrected chi connectivity index (χ3v) is 11.7. The van der Waals surface area contributed by atoms with Crippen LogP contribution >= 0.6 is 0 Å². The molecule has 8 aromatic carbocycles. The van der Waals surface area contributed by atoms with E-state index >= 15 is 0 Å². The van der Waals surface area contributed by atoms with E-state index in [1.165, 1.54) is 38.9 Å². The van der Waals surface area contributed by atoms with Gasteiger partial charge in [0.2, 0.25) is 0 Å². The maximum atomic E-state index is 6.32. The lowest BCUT2D eigenvalue weighted by molar-refractivity contribution is 0.660. The van der Waals surface area contributed by atoms with E-state index in [0.717, 1.165) is 55.7 Å². The molecule has 10 rings (SSSR count). The zero-order valence-electron chi connectivity index (χ0n) is 33.2. The van der Waals surface area contributed by atoms with Crippen molar-refractivity contribution in [2.24, 2.45) is 0 Å². The van der Waals surface area contributed by atoms with Gasteiger partial charge in [0.25, 0.3) is 0 Å². The number of hydrogen-bond acceptors (Lipinski definition) is 2. The van der Waals surface area contributed by atoms with Crippen LogP contribution < -0.4 is 4.90 Å². The zero-order chi connectivity index (χ0) is 39.8. The zero-order valence-corrected chi connectivity index (χ0v) is 33.2. The maximum Gasteiger partial charge on any atom is 0.142 e. The molecule has 282 valence electrons. The van der Waals surface area contributed by atoms with E-state index in [0.29, 0.717) is 0 Å². The molecule has 0 N–H and O–H groups in total. The first kappa shape index (κ1) is 36.0. The molecular formula is C57H43NO. The van der Waals surface area contributed by atoms with Crippen molar-refractivity contribution in [3.63, 3.8) is 0 Å². The van der Waals surface area contributed by atoms with Crippen LogP contribution in [-0.4, -0.2) is 0 Å². The van der Waals surface area contributed by atoms with Crippen LogP contribution in [-0.2, 0) is 5.41 Å². The summed E-state index contributed by atoms with van der Waals surface area (Å²) >= 11 is 0. The fraction of sp³-hybridized carbons (Fsp3) is 0.0526. The minimum atomic E-state index is -0.201. The Morgan fingerprint density at radius 2 is 0.864 bits per heavy atom. The maximum absolute atomic E-state index is 6.32. The molecular weight excluding hydrogens is 715 g/mol. The molecule has 1 aromatic heterocycles. The van der Waals surface area contributed by atoms with E-state index < -0.39 is 0 Å². The number of para-hydroxylation sites is 2. The Kier molecular flexibility index (Phi) is 9.24. The van der Waals surface area contributed by atoms with Crippen molar-refractivity contribution < 1.29 is 4.42 Å². The lowest BCUT2D eigenvalue weighted by Gasteiger charge is -2.28. The fourth-order valence-electron chi connectivity index (χ4n) is 8.50. The molecule has 2 nitrogen and oxygen atoms in total. The van der Waals surface area contributed by atoms with Gasteiger partial charge in [-0.15, -0.1) is 0 Å². The van der Waals surface area contributed by atoms with Gasteiger partial charge in [0.15, 0.2) is 0 Å². The summed E-state index contributed by atoms with van der Waals surface area (Å²) in [4.78, 5) is 2.38. The highest BCUT2D eigenvalue weighted by Crippen LogP contribution is 2.51. The van der Waals surface area contributed by atoms with E-state index in [9.17, 15) is 0 Å². The van der Waals surface area contributed by atoms with Gasteiger partial charge in [-0.1, -0.05) is 196 Å². The van der Waals surface area contributed by atoms with Crippen LogP contribution in [0.5, 0.6) is 0 Å². The predicted octanol–water partition coefficient (Wildman–Crippen LogP) is 15.9. The van der Waals surface area contributed by atoms with Gasteiger partial charge in [-0.05, 0) is 92.5 Å². The molecule has 0 aliphatic heterocycles. The predicted molar refractivity (Wildman–Crippen MR) is 252 cm³/mol. The average molecular weight is 758 g/mol. The summed E-state index contributed by atoms with van der Waals surface area (Å²) in [6.45, 7) is 4.71. The minimum Gasteiger partial charge on any atom is -0.455 e. The van der Waals surface area contributed by atoms with Crippen LogP contribution in [0.3, 0.4) is 0 Å². The van der Waals surface area contributed by atoms with Gasteiger partial charge < -0.3 is 9.32 Å². The summed E-state index contributed by atoms with van der Waals surface area (Å²) in [7, 11) is 0. The Morgan fingerprint density at radius 3 is 1.49 bits per heavy atom. The first-order valence-corrected chi connectivity index (χ1v) is 20.3. The van der Waals surface area contributed by atoms with Crippen molar-refractivity contribution in [3.8, 4) is 11.1 Å². The summed E-state index contributed by atoms with van der Waals surface area (Å²) in [5.74, 6) is 0. The summed E-state index contributed by atoms with van der Waals surface area (Å²) in [6, 6.07) is 67.1. The first-order chi connectivity index (χ1) is 29.0. The van der Waals surface area contributed by atoms with Crippen LogP contribution in [0.15, 0.2) is 192 Å². The van der Waals surface area contributed by atoms with Gasteiger partial charge in [-0.2, -0.15) is 0 Å². The van der Waals surface area contributed by atoms with E-state index in [4.69, 9.17) is 4.42 Å². The Labute approximate surface area is 346 Å². The normalized spacial score (nSPS) is 13.2. The number of fused-ring (bicyclic) bond motifs is 6. The molecule has 1 aliphatic rings. The molecule has 0 unspecified atom stereocenters. The molecule has 9 aromatic rings. The molecule has 2 heteroatoms. The lowest BCUT2D eigenvalue weighted by Crippen LogP contribution is -2.16. The van der Waals surface area contributed by atoms with Crippen LogP contribution in [0.25, 0.3) is 69.5 Å². The van der Waals surface area contributed by atoms with E-state index in [2.05, 4.69) is 219 Å². The van der Waals surface area contributed by atoms with Crippen LogP contribution in [0, 0.1) is 0 Å². The van der Waals surface area contributed by atoms with E-state index in [-0.39, 0.29) is 5.41 Å². The average Bonchev–Trinajstić information content (AvgIpc) is 3.78. The number of benzene rings is 8. The highest BCUT2D eigenvalue weighted by Gasteiger charge is 2.36. The van der Waals surface area contributed by atoms with Crippen molar-refractivity contribution >= 4 is 75.5 Å². The van der Waals surface area contributed by atoms with Gasteiger partial charge in [-0.3, -0.25) is 0 Å². The second-order valence-electron chi connectivity index (χ2n) is 15.8. The summed E-state index contributed by atoms with van der Waals surface area (Å²) in [6.07, 6.45) is 13.1. The molecule has 0 atom stereocenters. The molecule has 0 radical (unpaired) electrons. The minimum absolute atomic E-state index is 0.201. The van der Waals surface area contributed by atoms with Gasteiger partial charge >= 0.3 is 0 Å². The molecule has 1 aliphatic carbocycles. The largest absolute Gasteiger partial charge is 0.455 e. The molecule has 0 bridgehead atoms. The third-order valence-electron chi connectivity index (χ3n) is 11.7. The quantitative estimate of drug-likeness (QED) is 0.136. The lowest BCUT2D eigenvalue weighted by atomic mass is 9.81. The van der Waals surface area contributed by atoms with Crippen LogP contribution in [0.2, 0.25) is 0 Å². The summed E-state index contributed by atoms with van der Waals surface area (Å²) < 4.78 is 6.32. The second kappa shape index (κ2) is 15.2. The molecule has 0 saturated carbocycles. The molecule has 1 heterocycles. The Hall–Kier alpha value is -7.42. The monoisotopic (exact) mass is 757 g/mol. The third kappa shape index (κ3) is 7.00. The van der Waals surface area contributed by atoms with Crippen molar-refractivity contribution in [1.29, 1.82) is 0 Å². The van der Waals surface area contributed by atoms with Crippen molar-refractivity contribution in [2.75, 3.05) is 4.90 Å². The Morgan fingerprint density at radius 1 is 0.390 bits per heavy atom. The second-order valence-corrected chi connectivity index (χ2v) is 15.8. The number of furan rings is 1. The highest BCUT2D eigenvalue weighted by molar-refractivity contribution is 6.07. The number of anilines is 3. The molecule has 0 spiro atoms. The van der Waals surface area contributed by atoms with Crippen molar-refractivity contribution in [2.45, 2.75) is 19.3 Å². The molecule has 59 heavy (non-hydrogen) atoms. The van der Waals surface area contributed by atoms with Crippen LogP contribution in [0.4, 0.5) is 17.1 Å². The number of hydrogen-bond donors (Lipinski definition) is 0. The smallest absolute Gasteiger partial charge is 0.142 e. The highest BCUT2D eigenvalue weighted by atomic mass is 16.3. The molecule has 0 amide bonds. The van der Waals surface area contributed by atoms with Crippen LogP contribution in [0.1, 0.15) is 58.4 Å².